The number of carbonyl (C=O) groups is 1. The fraction of sp³-hybridized carbons (Fsp3) is 0.542. The number of hydrogen-bond acceptors (Lipinski definition) is 6. The van der Waals surface area contributed by atoms with Gasteiger partial charge in [0.2, 0.25) is 5.91 Å². The molecule has 2 aliphatic rings. The number of hydrogen-bond donors (Lipinski definition) is 2. The molecule has 3 atom stereocenters. The van der Waals surface area contributed by atoms with Crippen molar-refractivity contribution < 1.29 is 14.3 Å². The lowest BCUT2D eigenvalue weighted by molar-refractivity contribution is -0.133. The van der Waals surface area contributed by atoms with Gasteiger partial charge in [0.1, 0.15) is 18.0 Å². The molecule has 0 bridgehead atoms. The van der Waals surface area contributed by atoms with E-state index in [1.807, 2.05) is 18.7 Å². The fourth-order valence-electron chi connectivity index (χ4n) is 4.78. The summed E-state index contributed by atoms with van der Waals surface area (Å²) in [6, 6.07) is 5.07. The first kappa shape index (κ1) is 24.0. The van der Waals surface area contributed by atoms with Crippen LogP contribution in [0.2, 0.25) is 0 Å². The number of benzene rings is 1. The van der Waals surface area contributed by atoms with Gasteiger partial charge >= 0.3 is 0 Å². The minimum Gasteiger partial charge on any atom is -0.387 e. The van der Waals surface area contributed by atoms with Crippen molar-refractivity contribution in [2.24, 2.45) is 0 Å². The van der Waals surface area contributed by atoms with Crippen molar-refractivity contribution in [3.8, 4) is 0 Å². The molecular weight excluding hydrogens is 489 g/mol. The van der Waals surface area contributed by atoms with E-state index in [0.717, 1.165) is 17.1 Å². The molecule has 0 saturated carbocycles. The van der Waals surface area contributed by atoms with E-state index in [9.17, 15) is 14.3 Å². The second-order valence-corrected chi connectivity index (χ2v) is 10.2. The van der Waals surface area contributed by atoms with Crippen molar-refractivity contribution in [3.63, 3.8) is 0 Å². The van der Waals surface area contributed by atoms with Crippen LogP contribution in [0.4, 0.5) is 10.2 Å². The van der Waals surface area contributed by atoms with Crippen LogP contribution in [0.3, 0.4) is 0 Å². The van der Waals surface area contributed by atoms with Gasteiger partial charge in [-0.15, -0.1) is 0 Å². The van der Waals surface area contributed by atoms with Crippen LogP contribution < -0.4 is 10.2 Å². The van der Waals surface area contributed by atoms with Crippen molar-refractivity contribution in [1.29, 1.82) is 0 Å². The number of aliphatic hydroxyl groups excluding tert-OH is 1. The molecule has 1 fully saturated rings. The first-order valence-electron chi connectivity index (χ1n) is 11.5. The first-order valence-corrected chi connectivity index (χ1v) is 12.3. The Hall–Kier alpha value is -2.10. The Morgan fingerprint density at radius 3 is 2.67 bits per heavy atom. The zero-order valence-electron chi connectivity index (χ0n) is 19.3. The maximum Gasteiger partial charge on any atom is 0.231 e. The third kappa shape index (κ3) is 5.05. The summed E-state index contributed by atoms with van der Waals surface area (Å²) >= 11 is 3.30. The Balaban J connectivity index is 1.50. The van der Waals surface area contributed by atoms with Crippen LogP contribution in [0.5, 0.6) is 0 Å². The maximum atomic E-state index is 14.8. The number of nitrogens with zero attached hydrogens (tertiary/aromatic N) is 4. The number of aromatic nitrogens is 2. The van der Waals surface area contributed by atoms with Crippen LogP contribution in [-0.4, -0.2) is 64.6 Å². The molecule has 2 aromatic rings. The minimum absolute atomic E-state index is 0.0688. The molecule has 1 aliphatic heterocycles. The molecule has 1 amide bonds. The fourth-order valence-corrected chi connectivity index (χ4v) is 5.11. The van der Waals surface area contributed by atoms with Crippen LogP contribution in [0.25, 0.3) is 0 Å². The van der Waals surface area contributed by atoms with Gasteiger partial charge in [-0.05, 0) is 24.5 Å². The summed E-state index contributed by atoms with van der Waals surface area (Å²) in [5.74, 6) is 0.00751. The zero-order valence-corrected chi connectivity index (χ0v) is 20.8. The van der Waals surface area contributed by atoms with Gasteiger partial charge in [0.25, 0.3) is 0 Å². The Labute approximate surface area is 202 Å². The number of anilines is 1. The molecule has 1 unspecified atom stereocenters. The van der Waals surface area contributed by atoms with Gasteiger partial charge < -0.3 is 20.2 Å². The highest BCUT2D eigenvalue weighted by Gasteiger charge is 2.35. The average Bonchev–Trinajstić information content (AvgIpc) is 3.08. The van der Waals surface area contributed by atoms with Crippen molar-refractivity contribution in [1.82, 2.24) is 20.2 Å². The molecule has 0 spiro atoms. The molecule has 178 valence electrons. The first-order chi connectivity index (χ1) is 15.8. The number of amides is 1. The Bertz CT molecular complexity index is 1010. The van der Waals surface area contributed by atoms with Crippen LogP contribution in [-0.2, 0) is 4.79 Å². The van der Waals surface area contributed by atoms with Gasteiger partial charge in [-0.3, -0.25) is 4.79 Å². The molecule has 2 N–H and O–H groups in total. The molecule has 9 heteroatoms. The second kappa shape index (κ2) is 10.0. The number of piperazine rings is 1. The minimum atomic E-state index is -0.592. The van der Waals surface area contributed by atoms with Crippen LogP contribution in [0.1, 0.15) is 62.0 Å². The van der Waals surface area contributed by atoms with Crippen molar-refractivity contribution >= 4 is 27.7 Å². The van der Waals surface area contributed by atoms with E-state index in [1.54, 1.807) is 12.1 Å². The third-order valence-corrected chi connectivity index (χ3v) is 7.03. The summed E-state index contributed by atoms with van der Waals surface area (Å²) in [5, 5.41) is 13.6. The number of rotatable bonds is 6. The lowest BCUT2D eigenvalue weighted by Gasteiger charge is -2.38. The number of fused-ring (bicyclic) bond motifs is 1. The molecule has 1 aromatic carbocycles. The number of nitrogens with one attached hydrogen (secondary N) is 1. The lowest BCUT2D eigenvalue weighted by Crippen LogP contribution is -2.51. The van der Waals surface area contributed by atoms with Gasteiger partial charge in [-0.2, -0.15) is 0 Å². The Morgan fingerprint density at radius 1 is 1.27 bits per heavy atom. The molecule has 1 aliphatic carbocycles. The average molecular weight is 520 g/mol. The number of aliphatic hydroxyl groups is 1. The monoisotopic (exact) mass is 519 g/mol. The van der Waals surface area contributed by atoms with Crippen LogP contribution in [0.15, 0.2) is 29.0 Å². The van der Waals surface area contributed by atoms with E-state index in [2.05, 4.69) is 43.0 Å². The molecule has 1 saturated heterocycles. The van der Waals surface area contributed by atoms with Crippen molar-refractivity contribution in [2.75, 3.05) is 37.6 Å². The molecule has 2 heterocycles. The molecular formula is C24H31BrFN5O2. The van der Waals surface area contributed by atoms with Crippen molar-refractivity contribution in [3.05, 3.63) is 51.6 Å². The summed E-state index contributed by atoms with van der Waals surface area (Å²) in [6.45, 7) is 8.81. The SMILES string of the molecule is CC(C)NCC(C(=O)N1CCN(c2ncnc3c2[C@H](C)C[C@@H]3O)CC1)c1ccc(Br)cc1F. The van der Waals surface area contributed by atoms with Gasteiger partial charge in [-0.25, -0.2) is 14.4 Å². The van der Waals surface area contributed by atoms with E-state index in [0.29, 0.717) is 49.2 Å². The van der Waals surface area contributed by atoms with Gasteiger partial charge in [-0.1, -0.05) is 42.8 Å². The second-order valence-electron chi connectivity index (χ2n) is 9.24. The Kier molecular flexibility index (Phi) is 7.31. The standard InChI is InChI=1S/C24H31BrFN5O2/c1-14(2)27-12-18(17-5-4-16(25)11-19(17)26)24(33)31-8-6-30(7-9-31)23-21-15(3)10-20(32)22(21)28-13-29-23/h4-5,11,13-15,18,20,27,32H,6-10,12H2,1-3H3/t15-,18?,20+/m1/s1. The predicted octanol–water partition coefficient (Wildman–Crippen LogP) is 3.35. The summed E-state index contributed by atoms with van der Waals surface area (Å²) in [4.78, 5) is 26.3. The van der Waals surface area contributed by atoms with Crippen molar-refractivity contribution in [2.45, 2.75) is 51.2 Å². The molecule has 7 nitrogen and oxygen atoms in total. The molecule has 33 heavy (non-hydrogen) atoms. The lowest BCUT2D eigenvalue weighted by atomic mass is 9.96. The van der Waals surface area contributed by atoms with Gasteiger partial charge in [0.15, 0.2) is 0 Å². The summed E-state index contributed by atoms with van der Waals surface area (Å²) in [6.07, 6.45) is 1.62. The molecule has 0 radical (unpaired) electrons. The van der Waals surface area contributed by atoms with Crippen LogP contribution >= 0.6 is 15.9 Å². The summed E-state index contributed by atoms with van der Waals surface area (Å²) < 4.78 is 15.4. The zero-order chi connectivity index (χ0) is 23.7. The van der Waals surface area contributed by atoms with Gasteiger partial charge in [0, 0.05) is 54.4 Å². The largest absolute Gasteiger partial charge is 0.387 e. The van der Waals surface area contributed by atoms with E-state index >= 15 is 0 Å². The predicted molar refractivity (Wildman–Crippen MR) is 129 cm³/mol. The number of halogens is 2. The van der Waals surface area contributed by atoms with E-state index in [1.165, 1.54) is 12.4 Å². The third-order valence-electron chi connectivity index (χ3n) is 6.54. The van der Waals surface area contributed by atoms with E-state index < -0.39 is 12.0 Å². The smallest absolute Gasteiger partial charge is 0.231 e. The van der Waals surface area contributed by atoms with E-state index in [-0.39, 0.29) is 23.7 Å². The molecule has 1 aromatic heterocycles. The maximum absolute atomic E-state index is 14.8. The highest BCUT2D eigenvalue weighted by molar-refractivity contribution is 9.10. The van der Waals surface area contributed by atoms with Gasteiger partial charge in [0.05, 0.1) is 17.7 Å². The van der Waals surface area contributed by atoms with Crippen LogP contribution in [0, 0.1) is 5.82 Å². The highest BCUT2D eigenvalue weighted by Crippen LogP contribution is 2.42. The summed E-state index contributed by atoms with van der Waals surface area (Å²) in [5.41, 5.74) is 2.15. The summed E-state index contributed by atoms with van der Waals surface area (Å²) in [7, 11) is 0. The normalized spacial score (nSPS) is 21.4. The Morgan fingerprint density at radius 2 is 2.00 bits per heavy atom. The number of carbonyl (C=O) groups excluding carboxylic acids is 1. The topological polar surface area (TPSA) is 81.6 Å². The van der Waals surface area contributed by atoms with E-state index in [4.69, 9.17) is 0 Å². The quantitative estimate of drug-likeness (QED) is 0.608. The molecule has 4 rings (SSSR count). The highest BCUT2D eigenvalue weighted by atomic mass is 79.9.